The first-order chi connectivity index (χ1) is 9.94. The molecule has 2 nitrogen and oxygen atoms in total. The molecule has 0 amide bonds. The van der Waals surface area contributed by atoms with Crippen LogP contribution in [0.3, 0.4) is 0 Å². The Morgan fingerprint density at radius 2 is 1.81 bits per heavy atom. The standard InChI is InChI=1S/C19H38N2/c1-6-17-12-20-18(16-10-8-7-9-11-16)13-21(17)14-19(4,5)15(2)3/h15-18,20H,6-14H2,1-5H3. The van der Waals surface area contributed by atoms with Crippen LogP contribution in [-0.4, -0.2) is 36.6 Å². The number of hydrogen-bond donors (Lipinski definition) is 1. The molecule has 2 aliphatic rings. The summed E-state index contributed by atoms with van der Waals surface area (Å²) in [6.07, 6.45) is 8.56. The third-order valence-electron chi connectivity index (χ3n) is 6.43. The Balaban J connectivity index is 1.98. The first-order valence-corrected chi connectivity index (χ1v) is 9.41. The fraction of sp³-hybridized carbons (Fsp3) is 1.00. The minimum absolute atomic E-state index is 0.419. The van der Waals surface area contributed by atoms with Gasteiger partial charge < -0.3 is 5.32 Å². The second kappa shape index (κ2) is 7.46. The van der Waals surface area contributed by atoms with Crippen LogP contribution in [0.5, 0.6) is 0 Å². The summed E-state index contributed by atoms with van der Waals surface area (Å²) < 4.78 is 0. The van der Waals surface area contributed by atoms with Gasteiger partial charge in [0, 0.05) is 31.7 Å². The number of nitrogens with one attached hydrogen (secondary N) is 1. The summed E-state index contributed by atoms with van der Waals surface area (Å²) in [7, 11) is 0. The molecule has 1 N–H and O–H groups in total. The Morgan fingerprint density at radius 1 is 1.14 bits per heavy atom. The van der Waals surface area contributed by atoms with Crippen LogP contribution in [0.15, 0.2) is 0 Å². The molecule has 1 saturated carbocycles. The van der Waals surface area contributed by atoms with Crippen molar-refractivity contribution in [3.63, 3.8) is 0 Å². The lowest BCUT2D eigenvalue weighted by molar-refractivity contribution is 0.0452. The summed E-state index contributed by atoms with van der Waals surface area (Å²) in [6, 6.07) is 1.49. The van der Waals surface area contributed by atoms with Crippen LogP contribution >= 0.6 is 0 Å². The van der Waals surface area contributed by atoms with Crippen molar-refractivity contribution in [2.45, 2.75) is 85.2 Å². The molecule has 2 heteroatoms. The molecule has 2 atom stereocenters. The number of piperazine rings is 1. The third-order valence-corrected chi connectivity index (χ3v) is 6.43. The van der Waals surface area contributed by atoms with E-state index in [2.05, 4.69) is 44.8 Å². The first-order valence-electron chi connectivity index (χ1n) is 9.41. The van der Waals surface area contributed by atoms with Crippen LogP contribution in [0.2, 0.25) is 0 Å². The van der Waals surface area contributed by atoms with Crippen LogP contribution in [0.25, 0.3) is 0 Å². The molecular weight excluding hydrogens is 256 g/mol. The maximum Gasteiger partial charge on any atom is 0.0224 e. The Hall–Kier alpha value is -0.0800. The molecule has 0 bridgehead atoms. The largest absolute Gasteiger partial charge is 0.311 e. The lowest BCUT2D eigenvalue weighted by atomic mass is 9.79. The van der Waals surface area contributed by atoms with Crippen molar-refractivity contribution in [3.8, 4) is 0 Å². The van der Waals surface area contributed by atoms with Gasteiger partial charge in [0.2, 0.25) is 0 Å². The van der Waals surface area contributed by atoms with Crippen molar-refractivity contribution in [2.75, 3.05) is 19.6 Å². The highest BCUT2D eigenvalue weighted by Gasteiger charge is 2.35. The van der Waals surface area contributed by atoms with E-state index in [0.29, 0.717) is 5.41 Å². The lowest BCUT2D eigenvalue weighted by Gasteiger charge is -2.47. The molecular formula is C19H38N2. The van der Waals surface area contributed by atoms with Gasteiger partial charge in [-0.2, -0.15) is 0 Å². The van der Waals surface area contributed by atoms with E-state index in [9.17, 15) is 0 Å². The van der Waals surface area contributed by atoms with Gasteiger partial charge in [0.15, 0.2) is 0 Å². The molecule has 1 aliphatic carbocycles. The van der Waals surface area contributed by atoms with E-state index in [1.54, 1.807) is 0 Å². The lowest BCUT2D eigenvalue weighted by Crippen LogP contribution is -2.60. The minimum Gasteiger partial charge on any atom is -0.311 e. The first kappa shape index (κ1) is 17.3. The Bertz CT molecular complexity index is 305. The maximum absolute atomic E-state index is 3.89. The number of rotatable bonds is 5. The summed E-state index contributed by atoms with van der Waals surface area (Å²) in [4.78, 5) is 2.82. The van der Waals surface area contributed by atoms with E-state index in [1.165, 1.54) is 58.2 Å². The van der Waals surface area contributed by atoms with Gasteiger partial charge in [0.05, 0.1) is 0 Å². The van der Waals surface area contributed by atoms with Gasteiger partial charge in [-0.15, -0.1) is 0 Å². The second-order valence-electron chi connectivity index (χ2n) is 8.55. The van der Waals surface area contributed by atoms with Crippen molar-refractivity contribution in [1.82, 2.24) is 10.2 Å². The fourth-order valence-electron chi connectivity index (χ4n) is 4.04. The van der Waals surface area contributed by atoms with Crippen molar-refractivity contribution < 1.29 is 0 Å². The molecule has 0 spiro atoms. The van der Waals surface area contributed by atoms with E-state index >= 15 is 0 Å². The Morgan fingerprint density at radius 3 is 2.38 bits per heavy atom. The maximum atomic E-state index is 3.89. The van der Waals surface area contributed by atoms with Crippen molar-refractivity contribution in [2.24, 2.45) is 17.3 Å². The summed E-state index contributed by atoms with van der Waals surface area (Å²) in [5.74, 6) is 1.68. The van der Waals surface area contributed by atoms with E-state index in [4.69, 9.17) is 0 Å². The highest BCUT2D eigenvalue weighted by atomic mass is 15.2. The van der Waals surface area contributed by atoms with E-state index < -0.39 is 0 Å². The smallest absolute Gasteiger partial charge is 0.0224 e. The predicted molar refractivity (Wildman–Crippen MR) is 92.6 cm³/mol. The van der Waals surface area contributed by atoms with Crippen LogP contribution in [0.4, 0.5) is 0 Å². The topological polar surface area (TPSA) is 15.3 Å². The molecule has 124 valence electrons. The summed E-state index contributed by atoms with van der Waals surface area (Å²) in [5.41, 5.74) is 0.419. The minimum atomic E-state index is 0.419. The summed E-state index contributed by atoms with van der Waals surface area (Å²) >= 11 is 0. The van der Waals surface area contributed by atoms with Gasteiger partial charge in [0.25, 0.3) is 0 Å². The predicted octanol–water partition coefficient (Wildman–Crippen LogP) is 4.30. The molecule has 0 aromatic carbocycles. The molecule has 2 fully saturated rings. The number of hydrogen-bond acceptors (Lipinski definition) is 2. The van der Waals surface area contributed by atoms with E-state index in [1.807, 2.05) is 0 Å². The van der Waals surface area contributed by atoms with Gasteiger partial charge in [-0.25, -0.2) is 0 Å². The van der Waals surface area contributed by atoms with E-state index in [-0.39, 0.29) is 0 Å². The van der Waals surface area contributed by atoms with Gasteiger partial charge in [-0.1, -0.05) is 53.9 Å². The quantitative estimate of drug-likeness (QED) is 0.813. The normalized spacial score (nSPS) is 30.0. The highest BCUT2D eigenvalue weighted by Crippen LogP contribution is 2.32. The highest BCUT2D eigenvalue weighted by molar-refractivity contribution is 4.92. The molecule has 1 saturated heterocycles. The zero-order chi connectivity index (χ0) is 15.5. The van der Waals surface area contributed by atoms with Crippen LogP contribution in [0.1, 0.15) is 73.1 Å². The van der Waals surface area contributed by atoms with Gasteiger partial charge in [0.1, 0.15) is 0 Å². The monoisotopic (exact) mass is 294 g/mol. The zero-order valence-electron chi connectivity index (χ0n) is 15.1. The summed E-state index contributed by atoms with van der Waals surface area (Å²) in [5, 5.41) is 3.89. The third kappa shape index (κ3) is 4.45. The van der Waals surface area contributed by atoms with Crippen molar-refractivity contribution in [3.05, 3.63) is 0 Å². The molecule has 1 heterocycles. The molecule has 0 aromatic rings. The average Bonchev–Trinajstić information content (AvgIpc) is 2.47. The van der Waals surface area contributed by atoms with Gasteiger partial charge in [-0.05, 0) is 36.5 Å². The molecule has 21 heavy (non-hydrogen) atoms. The SMILES string of the molecule is CCC1CNC(C2CCCCC2)CN1CC(C)(C)C(C)C. The Kier molecular flexibility index (Phi) is 6.14. The Labute approximate surface area is 133 Å². The number of nitrogens with zero attached hydrogens (tertiary/aromatic N) is 1. The zero-order valence-corrected chi connectivity index (χ0v) is 15.1. The summed E-state index contributed by atoms with van der Waals surface area (Å²) in [6.45, 7) is 15.7. The van der Waals surface area contributed by atoms with Gasteiger partial charge in [-0.3, -0.25) is 4.90 Å². The molecule has 0 aromatic heterocycles. The fourth-order valence-corrected chi connectivity index (χ4v) is 4.04. The molecule has 2 unspecified atom stereocenters. The van der Waals surface area contributed by atoms with Crippen LogP contribution in [0, 0.1) is 17.3 Å². The van der Waals surface area contributed by atoms with Crippen molar-refractivity contribution >= 4 is 0 Å². The van der Waals surface area contributed by atoms with Crippen LogP contribution in [-0.2, 0) is 0 Å². The molecule has 0 radical (unpaired) electrons. The molecule has 2 rings (SSSR count). The van der Waals surface area contributed by atoms with Crippen LogP contribution < -0.4 is 5.32 Å². The second-order valence-corrected chi connectivity index (χ2v) is 8.55. The van der Waals surface area contributed by atoms with E-state index in [0.717, 1.165) is 23.9 Å². The molecule has 1 aliphatic heterocycles. The van der Waals surface area contributed by atoms with Gasteiger partial charge >= 0.3 is 0 Å². The average molecular weight is 295 g/mol. The van der Waals surface area contributed by atoms with Crippen molar-refractivity contribution in [1.29, 1.82) is 0 Å².